The number of fused-ring (bicyclic) bond motifs is 2. The number of benzene rings is 1. The van der Waals surface area contributed by atoms with Crippen molar-refractivity contribution in [1.82, 2.24) is 12.9 Å². The van der Waals surface area contributed by atoms with Crippen LogP contribution in [0, 0.1) is 13.8 Å². The van der Waals surface area contributed by atoms with Crippen LogP contribution in [0.15, 0.2) is 18.5 Å². The van der Waals surface area contributed by atoms with E-state index in [1.165, 1.54) is 21.9 Å². The standard InChI is InChI=1S/C11H9N3Se/c1-6-8-3-4-12-5-9(8)7(2)11-10(6)13-15-14-11/h3-5H,1-2H3. The molecule has 3 rings (SSSR count). The summed E-state index contributed by atoms with van der Waals surface area (Å²) < 4.78 is 8.96. The van der Waals surface area contributed by atoms with Gasteiger partial charge in [0.1, 0.15) is 0 Å². The summed E-state index contributed by atoms with van der Waals surface area (Å²) in [6, 6.07) is 2.05. The van der Waals surface area contributed by atoms with Crippen molar-refractivity contribution in [1.29, 1.82) is 0 Å². The van der Waals surface area contributed by atoms with Gasteiger partial charge in [-0.3, -0.25) is 0 Å². The van der Waals surface area contributed by atoms with Gasteiger partial charge in [-0.1, -0.05) is 0 Å². The van der Waals surface area contributed by atoms with E-state index < -0.39 is 0 Å². The molecule has 74 valence electrons. The van der Waals surface area contributed by atoms with E-state index in [0.29, 0.717) is 0 Å². The summed E-state index contributed by atoms with van der Waals surface area (Å²) in [4.78, 5) is 4.17. The molecule has 0 atom stereocenters. The molecule has 0 bridgehead atoms. The first kappa shape index (κ1) is 9.01. The van der Waals surface area contributed by atoms with Crippen molar-refractivity contribution in [3.05, 3.63) is 29.6 Å². The Kier molecular flexibility index (Phi) is 1.87. The van der Waals surface area contributed by atoms with Crippen molar-refractivity contribution < 1.29 is 0 Å². The fourth-order valence-corrected chi connectivity index (χ4v) is 3.32. The minimum absolute atomic E-state index is 0.0443. The molecule has 2 heterocycles. The average Bonchev–Trinajstić information content (AvgIpc) is 2.75. The molecule has 4 heteroatoms. The maximum absolute atomic E-state index is 4.49. The second-order valence-electron chi connectivity index (χ2n) is 3.63. The summed E-state index contributed by atoms with van der Waals surface area (Å²) in [5.41, 5.74) is 4.61. The second-order valence-corrected chi connectivity index (χ2v) is 4.74. The van der Waals surface area contributed by atoms with Gasteiger partial charge < -0.3 is 0 Å². The molecule has 0 saturated heterocycles. The normalized spacial score (nSPS) is 11.3. The van der Waals surface area contributed by atoms with Gasteiger partial charge in [-0.15, -0.1) is 0 Å². The summed E-state index contributed by atoms with van der Waals surface area (Å²) in [5, 5.41) is 2.45. The molecule has 0 unspecified atom stereocenters. The molecule has 3 aromatic rings. The van der Waals surface area contributed by atoms with Gasteiger partial charge in [-0.05, 0) is 0 Å². The Labute approximate surface area is 93.4 Å². The van der Waals surface area contributed by atoms with Crippen molar-refractivity contribution in [3.8, 4) is 0 Å². The zero-order chi connectivity index (χ0) is 10.4. The van der Waals surface area contributed by atoms with E-state index in [1.807, 2.05) is 12.4 Å². The van der Waals surface area contributed by atoms with E-state index >= 15 is 0 Å². The van der Waals surface area contributed by atoms with E-state index in [2.05, 4.69) is 32.9 Å². The number of aromatic nitrogens is 3. The summed E-state index contributed by atoms with van der Waals surface area (Å²) in [6.45, 7) is 4.21. The Morgan fingerprint density at radius 1 is 1.00 bits per heavy atom. The Hall–Kier alpha value is -1.25. The molecule has 3 nitrogen and oxygen atoms in total. The van der Waals surface area contributed by atoms with Crippen LogP contribution in [0.5, 0.6) is 0 Å². The Bertz CT molecular complexity index is 602. The van der Waals surface area contributed by atoms with Crippen LogP contribution < -0.4 is 0 Å². The topological polar surface area (TPSA) is 38.7 Å². The van der Waals surface area contributed by atoms with Gasteiger partial charge in [0.05, 0.1) is 0 Å². The predicted octanol–water partition coefficient (Wildman–Crippen LogP) is 1.85. The zero-order valence-electron chi connectivity index (χ0n) is 8.48. The molecule has 0 N–H and O–H groups in total. The van der Waals surface area contributed by atoms with Crippen molar-refractivity contribution in [3.63, 3.8) is 0 Å². The van der Waals surface area contributed by atoms with Crippen LogP contribution in [0.4, 0.5) is 0 Å². The number of aryl methyl sites for hydroxylation is 2. The molecule has 1 aromatic carbocycles. The fraction of sp³-hybridized carbons (Fsp3) is 0.182. The number of hydrogen-bond acceptors (Lipinski definition) is 3. The van der Waals surface area contributed by atoms with Crippen LogP contribution in [-0.2, 0) is 0 Å². The summed E-state index contributed by atoms with van der Waals surface area (Å²) in [7, 11) is 0. The van der Waals surface area contributed by atoms with E-state index in [1.54, 1.807) is 0 Å². The molecule has 15 heavy (non-hydrogen) atoms. The Morgan fingerprint density at radius 2 is 1.67 bits per heavy atom. The Balaban J connectivity index is 2.69. The third kappa shape index (κ3) is 1.15. The molecule has 0 aliphatic rings. The van der Waals surface area contributed by atoms with Gasteiger partial charge in [0, 0.05) is 0 Å². The quantitative estimate of drug-likeness (QED) is 0.580. The summed E-state index contributed by atoms with van der Waals surface area (Å²) >= 11 is 0.0443. The van der Waals surface area contributed by atoms with Crippen molar-refractivity contribution in [2.75, 3.05) is 0 Å². The zero-order valence-corrected chi connectivity index (χ0v) is 10.2. The van der Waals surface area contributed by atoms with Gasteiger partial charge in [-0.25, -0.2) is 0 Å². The SMILES string of the molecule is Cc1c2ccncc2c(C)c2n[se]nc12. The first-order valence-electron chi connectivity index (χ1n) is 4.74. The van der Waals surface area contributed by atoms with Gasteiger partial charge in [-0.2, -0.15) is 0 Å². The minimum atomic E-state index is 0.0443. The van der Waals surface area contributed by atoms with Crippen LogP contribution in [0.2, 0.25) is 0 Å². The van der Waals surface area contributed by atoms with E-state index in [4.69, 9.17) is 0 Å². The fourth-order valence-electron chi connectivity index (χ4n) is 1.96. The van der Waals surface area contributed by atoms with E-state index in [-0.39, 0.29) is 15.0 Å². The summed E-state index contributed by atoms with van der Waals surface area (Å²) in [6.07, 6.45) is 3.75. The average molecular weight is 262 g/mol. The number of nitrogens with zero attached hydrogens (tertiary/aromatic N) is 3. The molecule has 0 spiro atoms. The predicted molar refractivity (Wildman–Crippen MR) is 61.3 cm³/mol. The monoisotopic (exact) mass is 263 g/mol. The molecular formula is C11H9N3Se. The van der Waals surface area contributed by atoms with Gasteiger partial charge in [0.15, 0.2) is 0 Å². The van der Waals surface area contributed by atoms with Crippen LogP contribution in [0.1, 0.15) is 11.1 Å². The van der Waals surface area contributed by atoms with E-state index in [0.717, 1.165) is 11.0 Å². The van der Waals surface area contributed by atoms with Gasteiger partial charge >= 0.3 is 93.1 Å². The maximum atomic E-state index is 4.49. The number of pyridine rings is 1. The molecule has 0 aliphatic carbocycles. The van der Waals surface area contributed by atoms with Crippen LogP contribution in [-0.4, -0.2) is 27.9 Å². The van der Waals surface area contributed by atoms with Crippen molar-refractivity contribution in [2.45, 2.75) is 13.8 Å². The molecule has 0 fully saturated rings. The Morgan fingerprint density at radius 3 is 2.40 bits per heavy atom. The first-order chi connectivity index (χ1) is 7.29. The molecule has 0 saturated carbocycles. The summed E-state index contributed by atoms with van der Waals surface area (Å²) in [5.74, 6) is 0. The van der Waals surface area contributed by atoms with Crippen LogP contribution in [0.25, 0.3) is 21.8 Å². The molecule has 0 aliphatic heterocycles. The molecule has 0 radical (unpaired) electrons. The second kappa shape index (κ2) is 3.12. The van der Waals surface area contributed by atoms with Crippen LogP contribution >= 0.6 is 0 Å². The molecule has 0 amide bonds. The number of hydrogen-bond donors (Lipinski definition) is 0. The first-order valence-corrected chi connectivity index (χ1v) is 6.27. The van der Waals surface area contributed by atoms with Crippen molar-refractivity contribution >= 4 is 36.8 Å². The third-order valence-electron chi connectivity index (χ3n) is 2.83. The molecular weight excluding hydrogens is 253 g/mol. The number of rotatable bonds is 0. The third-order valence-corrected chi connectivity index (χ3v) is 3.94. The van der Waals surface area contributed by atoms with E-state index in [9.17, 15) is 0 Å². The van der Waals surface area contributed by atoms with Crippen LogP contribution in [0.3, 0.4) is 0 Å². The molecule has 2 aromatic heterocycles. The van der Waals surface area contributed by atoms with Gasteiger partial charge in [0.2, 0.25) is 0 Å². The van der Waals surface area contributed by atoms with Gasteiger partial charge in [0.25, 0.3) is 0 Å². The van der Waals surface area contributed by atoms with Crippen molar-refractivity contribution in [2.24, 2.45) is 0 Å².